The first kappa shape index (κ1) is 24.7. The number of piperazine rings is 1. The second-order valence-corrected chi connectivity index (χ2v) is 9.05. The Morgan fingerprint density at radius 2 is 1.90 bits per heavy atom. The fourth-order valence-electron chi connectivity index (χ4n) is 3.28. The fraction of sp³-hybridized carbons (Fsp3) is 0.625. The number of ether oxygens (including phenoxy) is 2. The van der Waals surface area contributed by atoms with Crippen molar-refractivity contribution in [3.05, 3.63) is 29.8 Å². The number of benzene rings is 1. The molecule has 172 valence electrons. The molecule has 0 aliphatic carbocycles. The monoisotopic (exact) mass is 432 g/mol. The fourth-order valence-corrected chi connectivity index (χ4v) is 3.28. The van der Waals surface area contributed by atoms with Crippen molar-refractivity contribution >= 4 is 17.8 Å². The molecule has 7 heteroatoms. The maximum atomic E-state index is 12.8. The van der Waals surface area contributed by atoms with Crippen LogP contribution in [0.3, 0.4) is 0 Å². The van der Waals surface area contributed by atoms with Gasteiger partial charge in [0.15, 0.2) is 6.61 Å². The molecule has 1 N–H and O–H groups in total. The Hall–Kier alpha value is -2.57. The van der Waals surface area contributed by atoms with E-state index in [2.05, 4.69) is 26.1 Å². The molecule has 0 aromatic heterocycles. The molecule has 7 nitrogen and oxygen atoms in total. The predicted octanol–water partition coefficient (Wildman–Crippen LogP) is 3.06. The number of hydrogen-bond acceptors (Lipinski definition) is 5. The highest BCUT2D eigenvalue weighted by Crippen LogP contribution is 2.28. The van der Waals surface area contributed by atoms with Crippen molar-refractivity contribution in [1.82, 2.24) is 10.2 Å². The summed E-state index contributed by atoms with van der Waals surface area (Å²) in [6.45, 7) is 11.4. The molecule has 1 saturated heterocycles. The molecule has 1 atom stereocenters. The van der Waals surface area contributed by atoms with Crippen molar-refractivity contribution in [2.24, 2.45) is 5.92 Å². The van der Waals surface area contributed by atoms with Crippen LogP contribution in [0.1, 0.15) is 59.4 Å². The second kappa shape index (κ2) is 11.2. The molecule has 1 aromatic rings. The summed E-state index contributed by atoms with van der Waals surface area (Å²) in [6.07, 6.45) is 1.62. The summed E-state index contributed by atoms with van der Waals surface area (Å²) in [5.74, 6) is -0.131. The Bertz CT molecular complexity index is 758. The van der Waals surface area contributed by atoms with Crippen LogP contribution in [-0.4, -0.2) is 55.0 Å². The standard InChI is InChI=1S/C24H36N2O5/c1-6-24(4,5)18-7-9-19(10-8-18)31-16-21(27)26-13-12-25-23(29)20(26)15-22(28)30-14-11-17(2)3/h7-10,17,20H,6,11-16H2,1-5H3,(H,25,29). The number of esters is 1. The minimum absolute atomic E-state index is 0.0759. The van der Waals surface area contributed by atoms with Gasteiger partial charge in [-0.2, -0.15) is 0 Å². The van der Waals surface area contributed by atoms with Gasteiger partial charge in [-0.25, -0.2) is 0 Å². The van der Waals surface area contributed by atoms with Crippen molar-refractivity contribution in [1.29, 1.82) is 0 Å². The van der Waals surface area contributed by atoms with Crippen LogP contribution < -0.4 is 10.1 Å². The number of hydrogen-bond donors (Lipinski definition) is 1. The van der Waals surface area contributed by atoms with Crippen LogP contribution in [0.25, 0.3) is 0 Å². The SMILES string of the molecule is CCC(C)(C)c1ccc(OCC(=O)N2CCNC(=O)C2CC(=O)OCCC(C)C)cc1. The van der Waals surface area contributed by atoms with Crippen LogP contribution in [0.15, 0.2) is 24.3 Å². The van der Waals surface area contributed by atoms with E-state index in [9.17, 15) is 14.4 Å². The zero-order chi connectivity index (χ0) is 23.0. The van der Waals surface area contributed by atoms with Gasteiger partial charge in [-0.05, 0) is 41.9 Å². The van der Waals surface area contributed by atoms with Crippen LogP contribution >= 0.6 is 0 Å². The Balaban J connectivity index is 1.93. The first-order valence-corrected chi connectivity index (χ1v) is 11.1. The molecule has 2 rings (SSSR count). The number of carbonyl (C=O) groups excluding carboxylic acids is 3. The molecule has 0 bridgehead atoms. The van der Waals surface area contributed by atoms with E-state index < -0.39 is 12.0 Å². The van der Waals surface area contributed by atoms with Gasteiger partial charge in [0.2, 0.25) is 5.91 Å². The van der Waals surface area contributed by atoms with Gasteiger partial charge >= 0.3 is 5.97 Å². The summed E-state index contributed by atoms with van der Waals surface area (Å²) in [4.78, 5) is 38.6. The molecular formula is C24H36N2O5. The van der Waals surface area contributed by atoms with Gasteiger partial charge in [-0.15, -0.1) is 0 Å². The average Bonchev–Trinajstić information content (AvgIpc) is 2.73. The maximum absolute atomic E-state index is 12.8. The minimum atomic E-state index is -0.871. The van der Waals surface area contributed by atoms with Crippen molar-refractivity contribution in [3.63, 3.8) is 0 Å². The summed E-state index contributed by atoms with van der Waals surface area (Å²) in [7, 11) is 0. The topological polar surface area (TPSA) is 84.9 Å². The molecule has 31 heavy (non-hydrogen) atoms. The third-order valence-electron chi connectivity index (χ3n) is 5.85. The van der Waals surface area contributed by atoms with Gasteiger partial charge in [0.25, 0.3) is 5.91 Å². The van der Waals surface area contributed by atoms with E-state index in [0.29, 0.717) is 31.4 Å². The van der Waals surface area contributed by atoms with Crippen molar-refractivity contribution < 1.29 is 23.9 Å². The van der Waals surface area contributed by atoms with Gasteiger partial charge in [0.1, 0.15) is 11.8 Å². The highest BCUT2D eigenvalue weighted by Gasteiger charge is 2.35. The molecule has 0 saturated carbocycles. The van der Waals surface area contributed by atoms with Crippen LogP contribution in [0, 0.1) is 5.92 Å². The molecule has 1 heterocycles. The van der Waals surface area contributed by atoms with E-state index in [1.807, 2.05) is 38.1 Å². The summed E-state index contributed by atoms with van der Waals surface area (Å²) in [6, 6.07) is 6.85. The zero-order valence-corrected chi connectivity index (χ0v) is 19.4. The van der Waals surface area contributed by atoms with Crippen LogP contribution in [0.4, 0.5) is 0 Å². The van der Waals surface area contributed by atoms with Crippen LogP contribution in [-0.2, 0) is 24.5 Å². The lowest BCUT2D eigenvalue weighted by Crippen LogP contribution is -2.58. The van der Waals surface area contributed by atoms with Crippen molar-refractivity contribution in [2.45, 2.75) is 65.3 Å². The minimum Gasteiger partial charge on any atom is -0.484 e. The Kier molecular flexibility index (Phi) is 8.89. The van der Waals surface area contributed by atoms with E-state index >= 15 is 0 Å². The summed E-state index contributed by atoms with van der Waals surface area (Å²) >= 11 is 0. The van der Waals surface area contributed by atoms with Crippen molar-refractivity contribution in [3.8, 4) is 5.75 Å². The maximum Gasteiger partial charge on any atom is 0.308 e. The van der Waals surface area contributed by atoms with Gasteiger partial charge in [0, 0.05) is 13.1 Å². The Labute approximate surface area is 185 Å². The van der Waals surface area contributed by atoms with E-state index in [1.165, 1.54) is 10.5 Å². The molecule has 1 aliphatic rings. The molecular weight excluding hydrogens is 396 g/mol. The zero-order valence-electron chi connectivity index (χ0n) is 19.4. The molecule has 0 spiro atoms. The van der Waals surface area contributed by atoms with Crippen LogP contribution in [0.2, 0.25) is 0 Å². The quantitative estimate of drug-likeness (QED) is 0.575. The molecule has 1 unspecified atom stereocenters. The molecule has 1 aliphatic heterocycles. The van der Waals surface area contributed by atoms with Gasteiger partial charge < -0.3 is 19.7 Å². The lowest BCUT2D eigenvalue weighted by atomic mass is 9.82. The lowest BCUT2D eigenvalue weighted by molar-refractivity contribution is -0.152. The van der Waals surface area contributed by atoms with E-state index in [0.717, 1.165) is 12.8 Å². The van der Waals surface area contributed by atoms with Gasteiger partial charge in [-0.1, -0.05) is 46.8 Å². The van der Waals surface area contributed by atoms with E-state index in [-0.39, 0.29) is 30.3 Å². The number of nitrogens with zero attached hydrogens (tertiary/aromatic N) is 1. The molecule has 0 radical (unpaired) electrons. The number of nitrogens with one attached hydrogen (secondary N) is 1. The van der Waals surface area contributed by atoms with Gasteiger partial charge in [-0.3, -0.25) is 14.4 Å². The summed E-state index contributed by atoms with van der Waals surface area (Å²) < 4.78 is 10.9. The first-order valence-electron chi connectivity index (χ1n) is 11.1. The largest absolute Gasteiger partial charge is 0.484 e. The summed E-state index contributed by atoms with van der Waals surface area (Å²) in [5, 5.41) is 2.71. The Morgan fingerprint density at radius 1 is 1.23 bits per heavy atom. The number of rotatable bonds is 10. The Morgan fingerprint density at radius 3 is 2.52 bits per heavy atom. The third-order valence-corrected chi connectivity index (χ3v) is 5.85. The van der Waals surface area contributed by atoms with Gasteiger partial charge in [0.05, 0.1) is 13.0 Å². The number of carbonyl (C=O) groups is 3. The van der Waals surface area contributed by atoms with Crippen LogP contribution in [0.5, 0.6) is 5.75 Å². The highest BCUT2D eigenvalue weighted by molar-refractivity contribution is 5.92. The molecule has 1 aromatic carbocycles. The highest BCUT2D eigenvalue weighted by atomic mass is 16.5. The van der Waals surface area contributed by atoms with Crippen molar-refractivity contribution in [2.75, 3.05) is 26.3 Å². The predicted molar refractivity (Wildman–Crippen MR) is 119 cm³/mol. The first-order chi connectivity index (χ1) is 14.6. The normalized spacial score (nSPS) is 16.8. The average molecular weight is 433 g/mol. The molecule has 1 fully saturated rings. The smallest absolute Gasteiger partial charge is 0.308 e. The molecule has 2 amide bonds. The second-order valence-electron chi connectivity index (χ2n) is 9.05. The summed E-state index contributed by atoms with van der Waals surface area (Å²) in [5.41, 5.74) is 1.28. The van der Waals surface area contributed by atoms with E-state index in [4.69, 9.17) is 9.47 Å². The third kappa shape index (κ3) is 7.26. The number of amides is 2. The van der Waals surface area contributed by atoms with E-state index in [1.54, 1.807) is 0 Å². The lowest BCUT2D eigenvalue weighted by Gasteiger charge is -2.34.